The number of aliphatic hydroxyl groups excluding tert-OH is 1. The van der Waals surface area contributed by atoms with Crippen LogP contribution < -0.4 is 10.6 Å². The summed E-state index contributed by atoms with van der Waals surface area (Å²) in [5, 5.41) is 15.3. The smallest absolute Gasteiger partial charge is 0.227 e. The monoisotopic (exact) mass is 228 g/mol. The lowest BCUT2D eigenvalue weighted by atomic mass is 9.77. The number of aliphatic hydroxyl groups is 1. The van der Waals surface area contributed by atoms with E-state index in [2.05, 4.69) is 17.6 Å². The average molecular weight is 228 g/mol. The van der Waals surface area contributed by atoms with Gasteiger partial charge in [-0.2, -0.15) is 0 Å². The molecule has 94 valence electrons. The van der Waals surface area contributed by atoms with Gasteiger partial charge in [0.05, 0.1) is 18.1 Å². The average Bonchev–Trinajstić information content (AvgIpc) is 2.36. The quantitative estimate of drug-likeness (QED) is 0.647. The van der Waals surface area contributed by atoms with E-state index < -0.39 is 0 Å². The van der Waals surface area contributed by atoms with E-state index in [4.69, 9.17) is 5.11 Å². The molecule has 0 saturated carbocycles. The van der Waals surface area contributed by atoms with Crippen LogP contribution in [0.25, 0.3) is 0 Å². The van der Waals surface area contributed by atoms with Crippen LogP contribution in [-0.4, -0.2) is 36.8 Å². The topological polar surface area (TPSA) is 61.4 Å². The first-order valence-electron chi connectivity index (χ1n) is 6.31. The summed E-state index contributed by atoms with van der Waals surface area (Å²) in [4.78, 5) is 12.2. The maximum absolute atomic E-state index is 12.2. The maximum atomic E-state index is 12.2. The summed E-state index contributed by atoms with van der Waals surface area (Å²) in [5.41, 5.74) is -0.263. The van der Waals surface area contributed by atoms with Gasteiger partial charge in [0.1, 0.15) is 0 Å². The zero-order chi connectivity index (χ0) is 12.0. The number of rotatable bonds is 5. The summed E-state index contributed by atoms with van der Waals surface area (Å²) < 4.78 is 0. The number of carbonyl (C=O) groups is 1. The van der Waals surface area contributed by atoms with Crippen molar-refractivity contribution >= 4 is 5.91 Å². The number of hydrogen-bond acceptors (Lipinski definition) is 3. The van der Waals surface area contributed by atoms with Crippen molar-refractivity contribution in [3.05, 3.63) is 0 Å². The largest absolute Gasteiger partial charge is 0.394 e. The van der Waals surface area contributed by atoms with Crippen molar-refractivity contribution in [2.45, 2.75) is 45.6 Å². The molecule has 1 aliphatic rings. The summed E-state index contributed by atoms with van der Waals surface area (Å²) >= 11 is 0. The molecule has 1 amide bonds. The Kier molecular flexibility index (Phi) is 5.22. The fourth-order valence-corrected chi connectivity index (χ4v) is 2.24. The van der Waals surface area contributed by atoms with Crippen molar-refractivity contribution in [3.8, 4) is 0 Å². The molecule has 1 saturated heterocycles. The molecule has 0 aromatic heterocycles. The molecule has 1 fully saturated rings. The van der Waals surface area contributed by atoms with E-state index in [1.165, 1.54) is 0 Å². The molecule has 0 aromatic carbocycles. The van der Waals surface area contributed by atoms with Crippen LogP contribution in [0, 0.1) is 5.41 Å². The predicted octanol–water partition coefficient (Wildman–Crippen LogP) is 0.653. The van der Waals surface area contributed by atoms with Crippen molar-refractivity contribution in [2.24, 2.45) is 5.41 Å². The number of carbonyl (C=O) groups excluding carboxylic acids is 1. The SMILES string of the molecule is CC[C@H](CO)NC(=O)C1(CC)CCCNC1. The van der Waals surface area contributed by atoms with E-state index in [1.54, 1.807) is 0 Å². The lowest BCUT2D eigenvalue weighted by Crippen LogP contribution is -2.53. The number of nitrogens with one attached hydrogen (secondary N) is 2. The highest BCUT2D eigenvalue weighted by atomic mass is 16.3. The number of amides is 1. The van der Waals surface area contributed by atoms with Gasteiger partial charge in [-0.15, -0.1) is 0 Å². The van der Waals surface area contributed by atoms with Gasteiger partial charge in [0.15, 0.2) is 0 Å². The van der Waals surface area contributed by atoms with Crippen LogP contribution in [0.15, 0.2) is 0 Å². The van der Waals surface area contributed by atoms with E-state index in [0.29, 0.717) is 0 Å². The first-order valence-corrected chi connectivity index (χ1v) is 6.31. The number of hydrogen-bond donors (Lipinski definition) is 3. The van der Waals surface area contributed by atoms with Crippen LogP contribution in [0.2, 0.25) is 0 Å². The molecule has 0 aromatic rings. The summed E-state index contributed by atoms with van der Waals surface area (Å²) in [6.07, 6.45) is 3.63. The molecular formula is C12H24N2O2. The third kappa shape index (κ3) is 2.95. The van der Waals surface area contributed by atoms with E-state index in [0.717, 1.165) is 38.8 Å². The fraction of sp³-hybridized carbons (Fsp3) is 0.917. The lowest BCUT2D eigenvalue weighted by Gasteiger charge is -2.36. The molecule has 16 heavy (non-hydrogen) atoms. The van der Waals surface area contributed by atoms with Crippen molar-refractivity contribution < 1.29 is 9.90 Å². The van der Waals surface area contributed by atoms with Crippen molar-refractivity contribution in [1.29, 1.82) is 0 Å². The van der Waals surface area contributed by atoms with Crippen LogP contribution in [0.3, 0.4) is 0 Å². The Morgan fingerprint density at radius 1 is 1.56 bits per heavy atom. The standard InChI is InChI=1S/C12H24N2O2/c1-3-10(8-15)14-11(16)12(4-2)6-5-7-13-9-12/h10,13,15H,3-9H2,1-2H3,(H,14,16)/t10-,12?/m1/s1. The Morgan fingerprint density at radius 3 is 2.75 bits per heavy atom. The molecule has 1 aliphatic heterocycles. The molecule has 1 rings (SSSR count). The highest BCUT2D eigenvalue weighted by molar-refractivity contribution is 5.83. The summed E-state index contributed by atoms with van der Waals surface area (Å²) in [5.74, 6) is 0.100. The first-order chi connectivity index (χ1) is 7.68. The van der Waals surface area contributed by atoms with Crippen LogP contribution in [-0.2, 0) is 4.79 Å². The normalized spacial score (nSPS) is 27.4. The molecule has 0 aliphatic carbocycles. The van der Waals surface area contributed by atoms with Gasteiger partial charge < -0.3 is 15.7 Å². The maximum Gasteiger partial charge on any atom is 0.227 e. The van der Waals surface area contributed by atoms with Gasteiger partial charge in [0, 0.05) is 6.54 Å². The fourth-order valence-electron chi connectivity index (χ4n) is 2.24. The van der Waals surface area contributed by atoms with E-state index in [-0.39, 0.29) is 24.0 Å². The van der Waals surface area contributed by atoms with Crippen molar-refractivity contribution in [2.75, 3.05) is 19.7 Å². The van der Waals surface area contributed by atoms with Gasteiger partial charge in [-0.1, -0.05) is 13.8 Å². The van der Waals surface area contributed by atoms with Gasteiger partial charge in [-0.05, 0) is 32.2 Å². The summed E-state index contributed by atoms with van der Waals surface area (Å²) in [7, 11) is 0. The second-order valence-electron chi connectivity index (χ2n) is 4.68. The van der Waals surface area contributed by atoms with Gasteiger partial charge in [-0.25, -0.2) is 0 Å². The third-order valence-corrected chi connectivity index (χ3v) is 3.68. The Labute approximate surface area is 97.8 Å². The molecule has 0 spiro atoms. The summed E-state index contributed by atoms with van der Waals surface area (Å²) in [6, 6.07) is -0.0992. The molecule has 0 radical (unpaired) electrons. The van der Waals surface area contributed by atoms with E-state index in [1.807, 2.05) is 6.92 Å². The molecule has 4 nitrogen and oxygen atoms in total. The predicted molar refractivity (Wildman–Crippen MR) is 64.1 cm³/mol. The Hall–Kier alpha value is -0.610. The van der Waals surface area contributed by atoms with Gasteiger partial charge in [0.2, 0.25) is 5.91 Å². The van der Waals surface area contributed by atoms with E-state index in [9.17, 15) is 4.79 Å². The zero-order valence-electron chi connectivity index (χ0n) is 10.4. The van der Waals surface area contributed by atoms with Crippen LogP contribution >= 0.6 is 0 Å². The van der Waals surface area contributed by atoms with Crippen LogP contribution in [0.1, 0.15) is 39.5 Å². The minimum Gasteiger partial charge on any atom is -0.394 e. The zero-order valence-corrected chi connectivity index (χ0v) is 10.4. The van der Waals surface area contributed by atoms with Crippen LogP contribution in [0.4, 0.5) is 0 Å². The van der Waals surface area contributed by atoms with E-state index >= 15 is 0 Å². The Morgan fingerprint density at radius 2 is 2.31 bits per heavy atom. The minimum atomic E-state index is -0.263. The van der Waals surface area contributed by atoms with Gasteiger partial charge in [-0.3, -0.25) is 4.79 Å². The van der Waals surface area contributed by atoms with Crippen LogP contribution in [0.5, 0.6) is 0 Å². The highest BCUT2D eigenvalue weighted by Gasteiger charge is 2.38. The molecule has 1 unspecified atom stereocenters. The molecule has 0 bridgehead atoms. The molecule has 2 atom stereocenters. The molecular weight excluding hydrogens is 204 g/mol. The molecule has 4 heteroatoms. The highest BCUT2D eigenvalue weighted by Crippen LogP contribution is 2.30. The van der Waals surface area contributed by atoms with Gasteiger partial charge >= 0.3 is 0 Å². The second kappa shape index (κ2) is 6.21. The third-order valence-electron chi connectivity index (χ3n) is 3.68. The molecule has 3 N–H and O–H groups in total. The number of piperidine rings is 1. The second-order valence-corrected chi connectivity index (χ2v) is 4.68. The van der Waals surface area contributed by atoms with Crippen molar-refractivity contribution in [1.82, 2.24) is 10.6 Å². The Bertz CT molecular complexity index is 221. The minimum absolute atomic E-state index is 0.0233. The van der Waals surface area contributed by atoms with Gasteiger partial charge in [0.25, 0.3) is 0 Å². The lowest BCUT2D eigenvalue weighted by molar-refractivity contribution is -0.133. The first kappa shape index (κ1) is 13.5. The van der Waals surface area contributed by atoms with Crippen molar-refractivity contribution in [3.63, 3.8) is 0 Å². The summed E-state index contributed by atoms with van der Waals surface area (Å²) in [6.45, 7) is 5.82. The Balaban J connectivity index is 2.61. The molecule has 1 heterocycles.